The van der Waals surface area contributed by atoms with Gasteiger partial charge in [-0.2, -0.15) is 5.10 Å². The lowest BCUT2D eigenvalue weighted by Gasteiger charge is -2.09. The lowest BCUT2D eigenvalue weighted by Crippen LogP contribution is -2.07. The van der Waals surface area contributed by atoms with Gasteiger partial charge in [0, 0.05) is 17.7 Å². The van der Waals surface area contributed by atoms with Crippen molar-refractivity contribution in [2.45, 2.75) is 26.2 Å². The molecule has 0 radical (unpaired) electrons. The summed E-state index contributed by atoms with van der Waals surface area (Å²) in [5.74, 6) is 0.674. The molecule has 4 rings (SSSR count). The molecule has 1 aromatic heterocycles. The van der Waals surface area contributed by atoms with Crippen molar-refractivity contribution in [3.8, 4) is 16.9 Å². The van der Waals surface area contributed by atoms with Crippen molar-refractivity contribution in [1.29, 1.82) is 0 Å². The van der Waals surface area contributed by atoms with Crippen LogP contribution in [-0.4, -0.2) is 16.3 Å². The number of aryl methyl sites for hydroxylation is 1. The fourth-order valence-electron chi connectivity index (χ4n) is 3.27. The van der Waals surface area contributed by atoms with Crippen molar-refractivity contribution >= 4 is 17.4 Å². The van der Waals surface area contributed by atoms with Gasteiger partial charge in [-0.05, 0) is 56.5 Å². The van der Waals surface area contributed by atoms with E-state index in [9.17, 15) is 4.39 Å². The minimum absolute atomic E-state index is 0.337. The predicted molar refractivity (Wildman–Crippen MR) is 100 cm³/mol. The second-order valence-electron chi connectivity index (χ2n) is 6.43. The highest BCUT2D eigenvalue weighted by atomic mass is 35.5. The van der Waals surface area contributed by atoms with Gasteiger partial charge in [0.25, 0.3) is 0 Å². The molecule has 0 aliphatic carbocycles. The minimum Gasteiger partial charge on any atom is -0.370 e. The van der Waals surface area contributed by atoms with Crippen LogP contribution in [0.3, 0.4) is 0 Å². The third kappa shape index (κ3) is 3.02. The van der Waals surface area contributed by atoms with Crippen LogP contribution in [0, 0.1) is 12.7 Å². The molecule has 128 valence electrons. The Morgan fingerprint density at radius 1 is 1.12 bits per heavy atom. The Bertz CT molecular complexity index is 915. The molecule has 25 heavy (non-hydrogen) atoms. The van der Waals surface area contributed by atoms with E-state index >= 15 is 0 Å². The minimum atomic E-state index is -0.337. The summed E-state index contributed by atoms with van der Waals surface area (Å²) in [6.45, 7) is 2.98. The van der Waals surface area contributed by atoms with E-state index in [0.29, 0.717) is 5.02 Å². The Morgan fingerprint density at radius 3 is 2.68 bits per heavy atom. The summed E-state index contributed by atoms with van der Waals surface area (Å²) in [5.41, 5.74) is 4.95. The zero-order valence-corrected chi connectivity index (χ0v) is 14.8. The highest BCUT2D eigenvalue weighted by molar-refractivity contribution is 6.33. The van der Waals surface area contributed by atoms with Crippen LogP contribution in [0.5, 0.6) is 0 Å². The maximum absolute atomic E-state index is 13.5. The second kappa shape index (κ2) is 6.52. The fourth-order valence-corrected chi connectivity index (χ4v) is 3.53. The summed E-state index contributed by atoms with van der Waals surface area (Å²) in [4.78, 5) is 0. The molecule has 0 amide bonds. The number of benzene rings is 2. The standard InChI is InChI=1S/C20H19ClFN3/c1-13-5-8-15(9-6-13)25-20-17(4-2-3-11-23-20)19(24-25)16-10-7-14(22)12-18(16)21/h5-10,12,23H,2-4,11H2,1H3. The van der Waals surface area contributed by atoms with Crippen molar-refractivity contribution in [3.05, 3.63) is 64.4 Å². The molecule has 0 atom stereocenters. The van der Waals surface area contributed by atoms with Crippen LogP contribution in [0.4, 0.5) is 10.2 Å². The van der Waals surface area contributed by atoms with Crippen LogP contribution < -0.4 is 5.32 Å². The number of nitrogens with zero attached hydrogens (tertiary/aromatic N) is 2. The van der Waals surface area contributed by atoms with Gasteiger partial charge in [-0.25, -0.2) is 9.07 Å². The number of halogens is 2. The number of nitrogens with one attached hydrogen (secondary N) is 1. The molecule has 3 aromatic rings. The average molecular weight is 356 g/mol. The molecular formula is C20H19ClFN3. The van der Waals surface area contributed by atoms with Gasteiger partial charge in [-0.1, -0.05) is 29.3 Å². The first-order valence-electron chi connectivity index (χ1n) is 8.52. The highest BCUT2D eigenvalue weighted by Crippen LogP contribution is 2.37. The number of anilines is 1. The van der Waals surface area contributed by atoms with Gasteiger partial charge in [0.2, 0.25) is 0 Å². The molecule has 0 fully saturated rings. The number of hydrogen-bond acceptors (Lipinski definition) is 2. The molecule has 3 nitrogen and oxygen atoms in total. The van der Waals surface area contributed by atoms with Crippen molar-refractivity contribution in [2.75, 3.05) is 11.9 Å². The van der Waals surface area contributed by atoms with Gasteiger partial charge in [-0.15, -0.1) is 0 Å². The van der Waals surface area contributed by atoms with E-state index in [1.165, 1.54) is 17.7 Å². The summed E-state index contributed by atoms with van der Waals surface area (Å²) in [5, 5.41) is 8.74. The number of fused-ring (bicyclic) bond motifs is 1. The Morgan fingerprint density at radius 2 is 1.92 bits per heavy atom. The van der Waals surface area contributed by atoms with Gasteiger partial charge in [0.15, 0.2) is 0 Å². The largest absolute Gasteiger partial charge is 0.370 e. The SMILES string of the molecule is Cc1ccc(-n2nc(-c3ccc(F)cc3Cl)c3c2NCCCC3)cc1. The maximum atomic E-state index is 13.5. The van der Waals surface area contributed by atoms with E-state index in [4.69, 9.17) is 16.7 Å². The van der Waals surface area contributed by atoms with Crippen molar-refractivity contribution < 1.29 is 4.39 Å². The van der Waals surface area contributed by atoms with E-state index in [1.54, 1.807) is 6.07 Å². The van der Waals surface area contributed by atoms with Gasteiger partial charge < -0.3 is 5.32 Å². The summed E-state index contributed by atoms with van der Waals surface area (Å²) in [6.07, 6.45) is 3.13. The van der Waals surface area contributed by atoms with Crippen LogP contribution in [-0.2, 0) is 6.42 Å². The molecule has 1 N–H and O–H groups in total. The number of aromatic nitrogens is 2. The average Bonchev–Trinajstić information content (AvgIpc) is 2.78. The normalized spacial score (nSPS) is 13.9. The van der Waals surface area contributed by atoms with Gasteiger partial charge in [0.1, 0.15) is 11.6 Å². The molecule has 1 aliphatic rings. The molecule has 0 spiro atoms. The first kappa shape index (κ1) is 16.2. The third-order valence-electron chi connectivity index (χ3n) is 4.59. The second-order valence-corrected chi connectivity index (χ2v) is 6.84. The van der Waals surface area contributed by atoms with Crippen LogP contribution in [0.25, 0.3) is 16.9 Å². The maximum Gasteiger partial charge on any atom is 0.133 e. The van der Waals surface area contributed by atoms with Crippen molar-refractivity contribution in [3.63, 3.8) is 0 Å². The zero-order valence-electron chi connectivity index (χ0n) is 14.0. The Hall–Kier alpha value is -2.33. The molecule has 1 aliphatic heterocycles. The predicted octanol–water partition coefficient (Wildman–Crippen LogP) is 5.39. The Kier molecular flexibility index (Phi) is 4.22. The number of rotatable bonds is 2. The quantitative estimate of drug-likeness (QED) is 0.668. The van der Waals surface area contributed by atoms with E-state index < -0.39 is 0 Å². The molecular weight excluding hydrogens is 337 g/mol. The van der Waals surface area contributed by atoms with Gasteiger partial charge in [0.05, 0.1) is 16.4 Å². The highest BCUT2D eigenvalue weighted by Gasteiger charge is 2.23. The smallest absolute Gasteiger partial charge is 0.133 e. The lowest BCUT2D eigenvalue weighted by molar-refractivity contribution is 0.628. The zero-order chi connectivity index (χ0) is 17.4. The monoisotopic (exact) mass is 355 g/mol. The van der Waals surface area contributed by atoms with Crippen LogP contribution in [0.1, 0.15) is 24.0 Å². The van der Waals surface area contributed by atoms with E-state index in [2.05, 4.69) is 36.5 Å². The van der Waals surface area contributed by atoms with Crippen molar-refractivity contribution in [2.24, 2.45) is 0 Å². The number of hydrogen-bond donors (Lipinski definition) is 1. The fraction of sp³-hybridized carbons (Fsp3) is 0.250. The Balaban J connectivity index is 1.91. The van der Waals surface area contributed by atoms with Gasteiger partial charge in [-0.3, -0.25) is 0 Å². The molecule has 0 unspecified atom stereocenters. The summed E-state index contributed by atoms with van der Waals surface area (Å²) >= 11 is 6.31. The molecule has 5 heteroatoms. The molecule has 2 heterocycles. The van der Waals surface area contributed by atoms with Crippen LogP contribution in [0.15, 0.2) is 42.5 Å². The molecule has 0 bridgehead atoms. The Labute approximate surface area is 151 Å². The summed E-state index contributed by atoms with van der Waals surface area (Å²) < 4.78 is 15.4. The van der Waals surface area contributed by atoms with E-state index in [0.717, 1.165) is 54.1 Å². The molecule has 0 saturated carbocycles. The van der Waals surface area contributed by atoms with Crippen LogP contribution in [0.2, 0.25) is 5.02 Å². The summed E-state index contributed by atoms with van der Waals surface area (Å²) in [7, 11) is 0. The van der Waals surface area contributed by atoms with Crippen molar-refractivity contribution in [1.82, 2.24) is 9.78 Å². The first-order valence-corrected chi connectivity index (χ1v) is 8.89. The van der Waals surface area contributed by atoms with Gasteiger partial charge >= 0.3 is 0 Å². The van der Waals surface area contributed by atoms with E-state index in [1.807, 2.05) is 4.68 Å². The first-order chi connectivity index (χ1) is 12.1. The van der Waals surface area contributed by atoms with Crippen LogP contribution >= 0.6 is 11.6 Å². The summed E-state index contributed by atoms with van der Waals surface area (Å²) in [6, 6.07) is 12.8. The molecule has 2 aromatic carbocycles. The van der Waals surface area contributed by atoms with E-state index in [-0.39, 0.29) is 5.82 Å². The third-order valence-corrected chi connectivity index (χ3v) is 4.91. The lowest BCUT2D eigenvalue weighted by atomic mass is 10.0. The topological polar surface area (TPSA) is 29.9 Å². The molecule has 0 saturated heterocycles.